The summed E-state index contributed by atoms with van der Waals surface area (Å²) in [4.78, 5) is 11.7. The Labute approximate surface area is 88.5 Å². The van der Waals surface area contributed by atoms with Crippen LogP contribution in [-0.2, 0) is 17.1 Å². The van der Waals surface area contributed by atoms with E-state index >= 15 is 0 Å². The first-order valence-corrected chi connectivity index (χ1v) is 4.98. The summed E-state index contributed by atoms with van der Waals surface area (Å²) in [7, 11) is 0. The summed E-state index contributed by atoms with van der Waals surface area (Å²) in [6.45, 7) is 1.58. The van der Waals surface area contributed by atoms with Gasteiger partial charge < -0.3 is 0 Å². The third-order valence-electron chi connectivity index (χ3n) is 1.75. The molecular weight excluding hydrogens is 204 g/mol. The van der Waals surface area contributed by atoms with Gasteiger partial charge in [-0.2, -0.15) is 0 Å². The quantitative estimate of drug-likeness (QED) is 0.605. The van der Waals surface area contributed by atoms with Crippen LogP contribution in [0.1, 0.15) is 18.1 Å². The van der Waals surface area contributed by atoms with Crippen molar-refractivity contribution in [3.8, 4) is 0 Å². The van der Waals surface area contributed by atoms with Crippen molar-refractivity contribution < 1.29 is 4.79 Å². The highest BCUT2D eigenvalue weighted by Gasteiger charge is 2.01. The van der Waals surface area contributed by atoms with E-state index in [-0.39, 0.29) is 5.78 Å². The monoisotopic (exact) mass is 214 g/mol. The zero-order valence-electron chi connectivity index (χ0n) is 7.38. The summed E-state index contributed by atoms with van der Waals surface area (Å²) in [5.74, 6) is 0.616. The smallest absolute Gasteiger partial charge is 0.134 e. The molecule has 0 radical (unpaired) electrons. The predicted molar refractivity (Wildman–Crippen MR) is 57.6 cm³/mol. The van der Waals surface area contributed by atoms with Crippen LogP contribution in [0.15, 0.2) is 23.1 Å². The van der Waals surface area contributed by atoms with Crippen molar-refractivity contribution in [3.63, 3.8) is 0 Å². The van der Waals surface area contributed by atoms with Gasteiger partial charge in [0, 0.05) is 17.2 Å². The van der Waals surface area contributed by atoms with Crippen LogP contribution in [0.3, 0.4) is 0 Å². The zero-order valence-corrected chi connectivity index (χ0v) is 9.03. The summed E-state index contributed by atoms with van der Waals surface area (Å²) in [5, 5.41) is 0. The maximum Gasteiger partial charge on any atom is 0.134 e. The number of hydrogen-bond acceptors (Lipinski definition) is 2. The number of carbonyl (C=O) groups excluding carboxylic acids is 1. The third-order valence-corrected chi connectivity index (χ3v) is 2.45. The van der Waals surface area contributed by atoms with Crippen molar-refractivity contribution in [2.24, 2.45) is 0 Å². The van der Waals surface area contributed by atoms with Gasteiger partial charge in [-0.15, -0.1) is 24.2 Å². The molecule has 0 amide bonds. The van der Waals surface area contributed by atoms with Crippen LogP contribution >= 0.6 is 24.2 Å². The SMILES string of the molecule is CC(=O)Cc1ccc(CCl)c(S)c1. The Morgan fingerprint density at radius 2 is 2.23 bits per heavy atom. The Hall–Kier alpha value is -0.470. The van der Waals surface area contributed by atoms with Crippen LogP contribution in [0.25, 0.3) is 0 Å². The molecule has 0 spiro atoms. The number of thiol groups is 1. The molecule has 0 aliphatic carbocycles. The maximum absolute atomic E-state index is 10.8. The van der Waals surface area contributed by atoms with Crippen LogP contribution in [0.5, 0.6) is 0 Å². The zero-order chi connectivity index (χ0) is 9.84. The topological polar surface area (TPSA) is 17.1 Å². The van der Waals surface area contributed by atoms with Gasteiger partial charge in [0.1, 0.15) is 5.78 Å². The molecule has 0 N–H and O–H groups in total. The number of alkyl halides is 1. The first kappa shape index (κ1) is 10.6. The average molecular weight is 215 g/mol. The summed E-state index contributed by atoms with van der Waals surface area (Å²) in [6.07, 6.45) is 0.468. The van der Waals surface area contributed by atoms with E-state index in [2.05, 4.69) is 12.6 Å². The van der Waals surface area contributed by atoms with Crippen LogP contribution < -0.4 is 0 Å². The van der Waals surface area contributed by atoms with Gasteiger partial charge in [-0.05, 0) is 24.1 Å². The van der Waals surface area contributed by atoms with Crippen molar-refractivity contribution in [1.82, 2.24) is 0 Å². The Kier molecular flexibility index (Phi) is 3.82. The second-order valence-electron chi connectivity index (χ2n) is 2.98. The van der Waals surface area contributed by atoms with Crippen LogP contribution in [0.2, 0.25) is 0 Å². The highest BCUT2D eigenvalue weighted by molar-refractivity contribution is 7.80. The molecule has 0 aliphatic rings. The van der Waals surface area contributed by atoms with E-state index in [4.69, 9.17) is 11.6 Å². The second-order valence-corrected chi connectivity index (χ2v) is 3.72. The van der Waals surface area contributed by atoms with Gasteiger partial charge in [0.2, 0.25) is 0 Å². The minimum Gasteiger partial charge on any atom is -0.300 e. The molecule has 1 aromatic rings. The predicted octanol–water partition coefficient (Wildman–Crippen LogP) is 2.85. The molecule has 70 valence electrons. The fourth-order valence-corrected chi connectivity index (χ4v) is 1.77. The maximum atomic E-state index is 10.8. The lowest BCUT2D eigenvalue weighted by atomic mass is 10.1. The number of benzene rings is 1. The summed E-state index contributed by atoms with van der Waals surface area (Å²) >= 11 is 9.95. The van der Waals surface area contributed by atoms with E-state index in [1.165, 1.54) is 0 Å². The van der Waals surface area contributed by atoms with Crippen molar-refractivity contribution >= 4 is 30.0 Å². The van der Waals surface area contributed by atoms with Gasteiger partial charge in [-0.3, -0.25) is 4.79 Å². The number of rotatable bonds is 3. The molecule has 3 heteroatoms. The number of carbonyl (C=O) groups is 1. The van der Waals surface area contributed by atoms with Gasteiger partial charge in [0.05, 0.1) is 0 Å². The van der Waals surface area contributed by atoms with E-state index in [9.17, 15) is 4.79 Å². The van der Waals surface area contributed by atoms with Gasteiger partial charge in [0.15, 0.2) is 0 Å². The van der Waals surface area contributed by atoms with Crippen molar-refractivity contribution in [3.05, 3.63) is 29.3 Å². The summed E-state index contributed by atoms with van der Waals surface area (Å²) in [6, 6.07) is 5.72. The van der Waals surface area contributed by atoms with E-state index in [0.29, 0.717) is 12.3 Å². The number of hydrogen-bond donors (Lipinski definition) is 1. The van der Waals surface area contributed by atoms with E-state index in [1.54, 1.807) is 6.92 Å². The number of ketones is 1. The van der Waals surface area contributed by atoms with E-state index < -0.39 is 0 Å². The van der Waals surface area contributed by atoms with Crippen molar-refractivity contribution in [1.29, 1.82) is 0 Å². The lowest BCUT2D eigenvalue weighted by Gasteiger charge is -2.03. The second kappa shape index (κ2) is 4.68. The van der Waals surface area contributed by atoms with E-state index in [0.717, 1.165) is 16.0 Å². The minimum absolute atomic E-state index is 0.159. The van der Waals surface area contributed by atoms with Crippen LogP contribution in [-0.4, -0.2) is 5.78 Å². The molecule has 0 bridgehead atoms. The standard InChI is InChI=1S/C10H11ClOS/c1-7(12)4-8-2-3-9(6-11)10(13)5-8/h2-3,5,13H,4,6H2,1H3. The highest BCUT2D eigenvalue weighted by Crippen LogP contribution is 2.18. The Balaban J connectivity index is 2.89. The van der Waals surface area contributed by atoms with Gasteiger partial charge >= 0.3 is 0 Å². The van der Waals surface area contributed by atoms with E-state index in [1.807, 2.05) is 18.2 Å². The van der Waals surface area contributed by atoms with Crippen molar-refractivity contribution in [2.75, 3.05) is 0 Å². The molecule has 0 heterocycles. The molecule has 0 saturated carbocycles. The molecule has 0 aliphatic heterocycles. The normalized spacial score (nSPS) is 10.1. The molecular formula is C10H11ClOS. The lowest BCUT2D eigenvalue weighted by Crippen LogP contribution is -1.96. The molecule has 0 unspecified atom stereocenters. The summed E-state index contributed by atoms with van der Waals surface area (Å²) in [5.41, 5.74) is 1.99. The Morgan fingerprint density at radius 1 is 1.54 bits per heavy atom. The highest BCUT2D eigenvalue weighted by atomic mass is 35.5. The number of Topliss-reactive ketones (excluding diaryl/α,β-unsaturated/α-hetero) is 1. The van der Waals surface area contributed by atoms with Gasteiger partial charge in [0.25, 0.3) is 0 Å². The molecule has 0 aromatic heterocycles. The Morgan fingerprint density at radius 3 is 2.69 bits per heavy atom. The van der Waals surface area contributed by atoms with Crippen LogP contribution in [0.4, 0.5) is 0 Å². The fraction of sp³-hybridized carbons (Fsp3) is 0.300. The van der Waals surface area contributed by atoms with Crippen LogP contribution in [0, 0.1) is 0 Å². The van der Waals surface area contributed by atoms with Gasteiger partial charge in [-0.1, -0.05) is 12.1 Å². The fourth-order valence-electron chi connectivity index (χ4n) is 1.12. The first-order chi connectivity index (χ1) is 6.13. The molecule has 0 saturated heterocycles. The molecule has 1 aromatic carbocycles. The van der Waals surface area contributed by atoms with Crippen molar-refractivity contribution in [2.45, 2.75) is 24.1 Å². The molecule has 1 rings (SSSR count). The van der Waals surface area contributed by atoms with Gasteiger partial charge in [-0.25, -0.2) is 0 Å². The Bertz CT molecular complexity index is 323. The molecule has 0 atom stereocenters. The average Bonchev–Trinajstić information content (AvgIpc) is 2.03. The third kappa shape index (κ3) is 3.05. The minimum atomic E-state index is 0.159. The molecule has 13 heavy (non-hydrogen) atoms. The largest absolute Gasteiger partial charge is 0.300 e. The molecule has 0 fully saturated rings. The summed E-state index contributed by atoms with van der Waals surface area (Å²) < 4.78 is 0. The molecule has 1 nitrogen and oxygen atoms in total. The number of halogens is 1. The lowest BCUT2D eigenvalue weighted by molar-refractivity contribution is -0.116. The first-order valence-electron chi connectivity index (χ1n) is 3.99.